The number of carbonyl (C=O) groups is 2. The van der Waals surface area contributed by atoms with Crippen LogP contribution < -0.4 is 15.8 Å². The molecular formula is C20H20FN3O3. The van der Waals surface area contributed by atoms with Crippen LogP contribution in [0.4, 0.5) is 4.39 Å². The number of benzene rings is 1. The van der Waals surface area contributed by atoms with Gasteiger partial charge in [-0.05, 0) is 43.7 Å². The van der Waals surface area contributed by atoms with Gasteiger partial charge >= 0.3 is 0 Å². The van der Waals surface area contributed by atoms with Crippen molar-refractivity contribution in [1.29, 1.82) is 0 Å². The Labute approximate surface area is 155 Å². The van der Waals surface area contributed by atoms with E-state index < -0.39 is 17.9 Å². The lowest BCUT2D eigenvalue weighted by molar-refractivity contribution is -0.119. The van der Waals surface area contributed by atoms with Gasteiger partial charge in [0.05, 0.1) is 6.20 Å². The highest BCUT2D eigenvalue weighted by Gasteiger charge is 2.19. The van der Waals surface area contributed by atoms with Crippen molar-refractivity contribution in [3.63, 3.8) is 0 Å². The number of aromatic nitrogens is 1. The SMILES string of the molecule is Cc1cc2ccc(OCc3ccccc3F)cn2c1C(=O)N[C@@H](C)C(N)=O. The van der Waals surface area contributed by atoms with Crippen LogP contribution in [0.1, 0.15) is 28.5 Å². The van der Waals surface area contributed by atoms with Gasteiger partial charge in [0.1, 0.15) is 29.9 Å². The standard InChI is InChI=1S/C20H20FN3O3/c1-12-9-15-7-8-16(27-11-14-5-3-4-6-17(14)21)10-24(15)18(12)20(26)23-13(2)19(22)25/h3-10,13H,11H2,1-2H3,(H2,22,25)(H,23,26)/t13-/m0/s1. The minimum Gasteiger partial charge on any atom is -0.487 e. The average molecular weight is 369 g/mol. The van der Waals surface area contributed by atoms with Crippen molar-refractivity contribution in [2.75, 3.05) is 0 Å². The highest BCUT2D eigenvalue weighted by Crippen LogP contribution is 2.21. The Morgan fingerprint density at radius 3 is 2.70 bits per heavy atom. The van der Waals surface area contributed by atoms with Gasteiger partial charge in [-0.1, -0.05) is 18.2 Å². The second kappa shape index (κ2) is 7.49. The van der Waals surface area contributed by atoms with E-state index in [0.717, 1.165) is 11.1 Å². The molecule has 3 N–H and O–H groups in total. The molecule has 3 aromatic rings. The third-order valence-corrected chi connectivity index (χ3v) is 4.27. The zero-order valence-corrected chi connectivity index (χ0v) is 15.0. The molecule has 6 nitrogen and oxygen atoms in total. The van der Waals surface area contributed by atoms with Gasteiger partial charge in [0, 0.05) is 11.1 Å². The highest BCUT2D eigenvalue weighted by molar-refractivity contribution is 5.98. The molecule has 140 valence electrons. The summed E-state index contributed by atoms with van der Waals surface area (Å²) in [6, 6.07) is 11.0. The number of primary amides is 1. The van der Waals surface area contributed by atoms with Gasteiger partial charge in [-0.15, -0.1) is 0 Å². The van der Waals surface area contributed by atoms with Gasteiger partial charge in [-0.2, -0.15) is 0 Å². The minimum absolute atomic E-state index is 0.0681. The Hall–Kier alpha value is -3.35. The predicted octanol–water partition coefficient (Wildman–Crippen LogP) is 2.57. The lowest BCUT2D eigenvalue weighted by Gasteiger charge is -2.12. The van der Waals surface area contributed by atoms with Crippen molar-refractivity contribution in [1.82, 2.24) is 9.72 Å². The summed E-state index contributed by atoms with van der Waals surface area (Å²) >= 11 is 0. The van der Waals surface area contributed by atoms with Crippen LogP contribution in [0, 0.1) is 12.7 Å². The molecule has 0 saturated heterocycles. The zero-order valence-electron chi connectivity index (χ0n) is 15.0. The number of nitrogens with zero attached hydrogens (tertiary/aromatic N) is 1. The molecule has 0 fully saturated rings. The fourth-order valence-electron chi connectivity index (χ4n) is 2.77. The number of nitrogens with one attached hydrogen (secondary N) is 1. The van der Waals surface area contributed by atoms with Crippen LogP contribution >= 0.6 is 0 Å². The lowest BCUT2D eigenvalue weighted by Crippen LogP contribution is -2.42. The first-order valence-electron chi connectivity index (χ1n) is 8.45. The second-order valence-corrected chi connectivity index (χ2v) is 6.31. The molecule has 2 heterocycles. The van der Waals surface area contributed by atoms with E-state index in [2.05, 4.69) is 5.32 Å². The largest absolute Gasteiger partial charge is 0.487 e. The van der Waals surface area contributed by atoms with Gasteiger partial charge in [-0.3, -0.25) is 9.59 Å². The first-order chi connectivity index (χ1) is 12.9. The molecule has 0 spiro atoms. The summed E-state index contributed by atoms with van der Waals surface area (Å²) in [7, 11) is 0. The van der Waals surface area contributed by atoms with Crippen LogP contribution in [0.3, 0.4) is 0 Å². The molecule has 27 heavy (non-hydrogen) atoms. The van der Waals surface area contributed by atoms with Crippen molar-refractivity contribution >= 4 is 17.3 Å². The Morgan fingerprint density at radius 2 is 2.00 bits per heavy atom. The molecule has 7 heteroatoms. The quantitative estimate of drug-likeness (QED) is 0.700. The van der Waals surface area contributed by atoms with E-state index in [1.807, 2.05) is 6.07 Å². The third kappa shape index (κ3) is 3.92. The zero-order chi connectivity index (χ0) is 19.6. The van der Waals surface area contributed by atoms with Crippen molar-refractivity contribution in [3.8, 4) is 5.75 Å². The molecule has 0 aliphatic heterocycles. The number of aryl methyl sites for hydroxylation is 1. The summed E-state index contributed by atoms with van der Waals surface area (Å²) in [4.78, 5) is 23.8. The fraction of sp³-hybridized carbons (Fsp3) is 0.200. The third-order valence-electron chi connectivity index (χ3n) is 4.27. The van der Waals surface area contributed by atoms with Gasteiger partial charge in [0.2, 0.25) is 5.91 Å². The number of carbonyl (C=O) groups excluding carboxylic acids is 2. The first-order valence-corrected chi connectivity index (χ1v) is 8.45. The number of rotatable bonds is 6. The van der Waals surface area contributed by atoms with E-state index >= 15 is 0 Å². The predicted molar refractivity (Wildman–Crippen MR) is 99.0 cm³/mol. The normalized spacial score (nSPS) is 12.0. The van der Waals surface area contributed by atoms with Crippen LogP contribution in [0.5, 0.6) is 5.75 Å². The molecule has 2 aromatic heterocycles. The summed E-state index contributed by atoms with van der Waals surface area (Å²) in [6.07, 6.45) is 1.66. The Balaban J connectivity index is 1.87. The number of amides is 2. The molecular weight excluding hydrogens is 349 g/mol. The van der Waals surface area contributed by atoms with Crippen molar-refractivity contribution < 1.29 is 18.7 Å². The molecule has 0 saturated carbocycles. The summed E-state index contributed by atoms with van der Waals surface area (Å²) in [5, 5.41) is 2.57. The maximum absolute atomic E-state index is 13.7. The summed E-state index contributed by atoms with van der Waals surface area (Å²) in [5.41, 5.74) is 7.57. The molecule has 0 unspecified atom stereocenters. The molecule has 2 amide bonds. The second-order valence-electron chi connectivity index (χ2n) is 6.31. The molecule has 1 aromatic carbocycles. The van der Waals surface area contributed by atoms with E-state index in [1.165, 1.54) is 13.0 Å². The van der Waals surface area contributed by atoms with Crippen molar-refractivity contribution in [2.24, 2.45) is 5.73 Å². The molecule has 0 aliphatic carbocycles. The molecule has 1 atom stereocenters. The van der Waals surface area contributed by atoms with E-state index in [9.17, 15) is 14.0 Å². The Bertz CT molecular complexity index is 1010. The van der Waals surface area contributed by atoms with E-state index in [1.54, 1.807) is 47.9 Å². The number of hydrogen-bond acceptors (Lipinski definition) is 3. The number of hydrogen-bond donors (Lipinski definition) is 2. The molecule has 0 aliphatic rings. The van der Waals surface area contributed by atoms with Crippen LogP contribution in [0.25, 0.3) is 5.52 Å². The van der Waals surface area contributed by atoms with Crippen molar-refractivity contribution in [2.45, 2.75) is 26.5 Å². The molecule has 0 radical (unpaired) electrons. The maximum atomic E-state index is 13.7. The van der Waals surface area contributed by atoms with E-state index in [0.29, 0.717) is 17.0 Å². The van der Waals surface area contributed by atoms with Crippen LogP contribution in [0.2, 0.25) is 0 Å². The van der Waals surface area contributed by atoms with Gasteiger partial charge < -0.3 is 20.2 Å². The number of pyridine rings is 1. The highest BCUT2D eigenvalue weighted by atomic mass is 19.1. The summed E-state index contributed by atoms with van der Waals surface area (Å²) in [6.45, 7) is 3.39. The summed E-state index contributed by atoms with van der Waals surface area (Å²) in [5.74, 6) is -0.880. The van der Waals surface area contributed by atoms with Crippen LogP contribution in [-0.2, 0) is 11.4 Å². The van der Waals surface area contributed by atoms with Crippen LogP contribution in [-0.4, -0.2) is 22.3 Å². The van der Waals surface area contributed by atoms with Crippen LogP contribution in [0.15, 0.2) is 48.7 Å². The summed E-state index contributed by atoms with van der Waals surface area (Å²) < 4.78 is 21.1. The average Bonchev–Trinajstić information content (AvgIpc) is 2.96. The minimum atomic E-state index is -0.789. The van der Waals surface area contributed by atoms with E-state index in [-0.39, 0.29) is 12.4 Å². The monoisotopic (exact) mass is 369 g/mol. The van der Waals surface area contributed by atoms with Gasteiger partial charge in [0.15, 0.2) is 0 Å². The maximum Gasteiger partial charge on any atom is 0.269 e. The number of fused-ring (bicyclic) bond motifs is 1. The lowest BCUT2D eigenvalue weighted by atomic mass is 10.2. The number of nitrogens with two attached hydrogens (primary N) is 1. The van der Waals surface area contributed by atoms with E-state index in [4.69, 9.17) is 10.5 Å². The smallest absolute Gasteiger partial charge is 0.269 e. The number of halogens is 1. The Morgan fingerprint density at radius 1 is 1.26 bits per heavy atom. The fourth-order valence-corrected chi connectivity index (χ4v) is 2.77. The Kier molecular flexibility index (Phi) is 5.12. The first kappa shape index (κ1) is 18.4. The van der Waals surface area contributed by atoms with Crippen molar-refractivity contribution in [3.05, 3.63) is 71.3 Å². The topological polar surface area (TPSA) is 85.8 Å². The van der Waals surface area contributed by atoms with Gasteiger partial charge in [0.25, 0.3) is 5.91 Å². The van der Waals surface area contributed by atoms with Gasteiger partial charge in [-0.25, -0.2) is 4.39 Å². The number of ether oxygens (including phenoxy) is 1. The molecule has 0 bridgehead atoms. The molecule has 3 rings (SSSR count).